The largest absolute Gasteiger partial charge is 0.268 e. The van der Waals surface area contributed by atoms with Gasteiger partial charge in [0.1, 0.15) is 8.07 Å². The van der Waals surface area contributed by atoms with E-state index in [1.54, 1.807) is 0 Å². The first-order chi connectivity index (χ1) is 8.04. The minimum atomic E-state index is -1.27. The van der Waals surface area contributed by atoms with Gasteiger partial charge in [-0.1, -0.05) is 44.8 Å². The molecule has 0 spiro atoms. The van der Waals surface area contributed by atoms with Crippen molar-refractivity contribution in [2.45, 2.75) is 57.8 Å². The summed E-state index contributed by atoms with van der Waals surface area (Å²) in [6, 6.07) is 0.617. The maximum atomic E-state index is 4.47. The highest BCUT2D eigenvalue weighted by Crippen LogP contribution is 2.27. The van der Waals surface area contributed by atoms with Crippen LogP contribution >= 0.6 is 0 Å². The van der Waals surface area contributed by atoms with Gasteiger partial charge in [-0.2, -0.15) is 5.10 Å². The van der Waals surface area contributed by atoms with Gasteiger partial charge in [0.15, 0.2) is 0 Å². The second kappa shape index (κ2) is 5.10. The molecule has 0 radical (unpaired) electrons. The van der Waals surface area contributed by atoms with Crippen LogP contribution in [-0.2, 0) is 0 Å². The Kier molecular flexibility index (Phi) is 3.73. The Morgan fingerprint density at radius 1 is 1.24 bits per heavy atom. The Morgan fingerprint density at radius 3 is 2.59 bits per heavy atom. The molecular weight excluding hydrogens is 224 g/mol. The van der Waals surface area contributed by atoms with E-state index < -0.39 is 8.07 Å². The maximum Gasteiger partial charge on any atom is 0.129 e. The Labute approximate surface area is 105 Å². The summed E-state index contributed by atoms with van der Waals surface area (Å²) in [6.45, 7) is 6.81. The summed E-state index contributed by atoms with van der Waals surface area (Å²) in [5.41, 5.74) is 4.47. The lowest BCUT2D eigenvalue weighted by atomic mass is 9.96. The fourth-order valence-electron chi connectivity index (χ4n) is 2.21. The number of nitrogens with zero attached hydrogens (tertiary/aromatic N) is 2. The van der Waals surface area contributed by atoms with E-state index >= 15 is 0 Å². The lowest BCUT2D eigenvalue weighted by Gasteiger charge is -2.21. The van der Waals surface area contributed by atoms with Crippen LogP contribution in [0.25, 0.3) is 0 Å². The van der Waals surface area contributed by atoms with Gasteiger partial charge in [0.25, 0.3) is 0 Å². The molecule has 1 aromatic rings. The van der Waals surface area contributed by atoms with Crippen molar-refractivity contribution >= 4 is 8.07 Å². The molecule has 0 aliphatic heterocycles. The first-order valence-corrected chi connectivity index (χ1v) is 10.1. The monoisotopic (exact) mass is 246 g/mol. The predicted molar refractivity (Wildman–Crippen MR) is 74.6 cm³/mol. The summed E-state index contributed by atoms with van der Waals surface area (Å²) < 4.78 is 2.13. The first kappa shape index (κ1) is 12.4. The summed E-state index contributed by atoms with van der Waals surface area (Å²) in [7, 11) is -1.27. The average molecular weight is 246 g/mol. The van der Waals surface area contributed by atoms with E-state index in [0.29, 0.717) is 6.04 Å². The molecule has 0 N–H and O–H groups in total. The second-order valence-corrected chi connectivity index (χ2v) is 10.8. The summed E-state index contributed by atoms with van der Waals surface area (Å²) >= 11 is 0. The Hall–Kier alpha value is -1.01. The summed E-state index contributed by atoms with van der Waals surface area (Å²) in [6.07, 6.45) is 10.7. The molecule has 0 unspecified atom stereocenters. The third-order valence-electron chi connectivity index (χ3n) is 3.13. The normalized spacial score (nSPS) is 17.6. The fourth-order valence-corrected chi connectivity index (χ4v) is 2.73. The van der Waals surface area contributed by atoms with E-state index in [9.17, 15) is 0 Å². The molecule has 1 heterocycles. The van der Waals surface area contributed by atoms with Crippen LogP contribution in [0.1, 0.15) is 43.7 Å². The quantitative estimate of drug-likeness (QED) is 0.547. The van der Waals surface area contributed by atoms with Crippen LogP contribution in [0.5, 0.6) is 0 Å². The fraction of sp³-hybridized carbons (Fsp3) is 0.643. The number of hydrogen-bond donors (Lipinski definition) is 0. The van der Waals surface area contributed by atoms with Crippen LogP contribution < -0.4 is 0 Å². The zero-order valence-corrected chi connectivity index (χ0v) is 12.2. The molecule has 1 aliphatic rings. The molecule has 1 fully saturated rings. The van der Waals surface area contributed by atoms with Crippen LogP contribution in [0.3, 0.4) is 0 Å². The minimum absolute atomic E-state index is 0.617. The Bertz CT molecular complexity index is 425. The molecule has 2 nitrogen and oxygen atoms in total. The maximum absolute atomic E-state index is 4.47. The molecule has 0 atom stereocenters. The SMILES string of the molecule is C[Si](C)(C)C#Cc1cnn(C2CCCCC2)c1. The topological polar surface area (TPSA) is 17.8 Å². The highest BCUT2D eigenvalue weighted by atomic mass is 28.3. The van der Waals surface area contributed by atoms with Crippen LogP contribution in [-0.4, -0.2) is 17.9 Å². The van der Waals surface area contributed by atoms with Crippen LogP contribution in [0.2, 0.25) is 19.6 Å². The van der Waals surface area contributed by atoms with Gasteiger partial charge in [0.2, 0.25) is 0 Å². The highest BCUT2D eigenvalue weighted by molar-refractivity contribution is 6.83. The van der Waals surface area contributed by atoms with Crippen molar-refractivity contribution in [1.82, 2.24) is 9.78 Å². The number of aromatic nitrogens is 2. The summed E-state index contributed by atoms with van der Waals surface area (Å²) in [4.78, 5) is 0. The van der Waals surface area contributed by atoms with Gasteiger partial charge in [0.05, 0.1) is 17.8 Å². The van der Waals surface area contributed by atoms with Crippen molar-refractivity contribution in [3.8, 4) is 11.5 Å². The minimum Gasteiger partial charge on any atom is -0.268 e. The van der Waals surface area contributed by atoms with Crippen molar-refractivity contribution in [2.24, 2.45) is 0 Å². The van der Waals surface area contributed by atoms with Crippen molar-refractivity contribution in [2.75, 3.05) is 0 Å². The van der Waals surface area contributed by atoms with Gasteiger partial charge in [-0.15, -0.1) is 5.54 Å². The standard InChI is InChI=1S/C14H22N2Si/c1-17(2,3)10-9-13-11-15-16(12-13)14-7-5-4-6-8-14/h11-12,14H,4-8H2,1-3H3. The smallest absolute Gasteiger partial charge is 0.129 e. The van der Waals surface area contributed by atoms with Gasteiger partial charge in [-0.3, -0.25) is 4.68 Å². The van der Waals surface area contributed by atoms with E-state index in [1.165, 1.54) is 32.1 Å². The molecule has 1 aromatic heterocycles. The molecule has 2 rings (SSSR count). The first-order valence-electron chi connectivity index (χ1n) is 6.62. The van der Waals surface area contributed by atoms with E-state index in [1.807, 2.05) is 6.20 Å². The highest BCUT2D eigenvalue weighted by Gasteiger charge is 2.15. The van der Waals surface area contributed by atoms with Crippen LogP contribution in [0.15, 0.2) is 12.4 Å². The molecule has 1 aliphatic carbocycles. The average Bonchev–Trinajstić information content (AvgIpc) is 2.75. The lowest BCUT2D eigenvalue weighted by molar-refractivity contribution is 0.329. The van der Waals surface area contributed by atoms with Crippen molar-refractivity contribution in [3.05, 3.63) is 18.0 Å². The molecule has 3 heteroatoms. The molecule has 0 saturated heterocycles. The van der Waals surface area contributed by atoms with E-state index in [-0.39, 0.29) is 0 Å². The molecular formula is C14H22N2Si. The van der Waals surface area contributed by atoms with E-state index in [4.69, 9.17) is 0 Å². The molecule has 17 heavy (non-hydrogen) atoms. The van der Waals surface area contributed by atoms with Gasteiger partial charge in [0, 0.05) is 6.20 Å². The Balaban J connectivity index is 2.07. The van der Waals surface area contributed by atoms with E-state index in [2.05, 4.69) is 47.1 Å². The molecule has 0 bridgehead atoms. The van der Waals surface area contributed by atoms with Crippen molar-refractivity contribution in [3.63, 3.8) is 0 Å². The Morgan fingerprint density at radius 2 is 1.94 bits per heavy atom. The third kappa shape index (κ3) is 3.74. The van der Waals surface area contributed by atoms with E-state index in [0.717, 1.165) is 5.56 Å². The lowest BCUT2D eigenvalue weighted by Crippen LogP contribution is -2.16. The number of hydrogen-bond acceptors (Lipinski definition) is 1. The third-order valence-corrected chi connectivity index (χ3v) is 4.01. The molecule has 0 aromatic carbocycles. The van der Waals surface area contributed by atoms with Gasteiger partial charge >= 0.3 is 0 Å². The van der Waals surface area contributed by atoms with Crippen molar-refractivity contribution < 1.29 is 0 Å². The van der Waals surface area contributed by atoms with Crippen LogP contribution in [0, 0.1) is 11.5 Å². The number of rotatable bonds is 1. The van der Waals surface area contributed by atoms with Gasteiger partial charge in [-0.25, -0.2) is 0 Å². The summed E-state index contributed by atoms with van der Waals surface area (Å²) in [5, 5.41) is 4.47. The predicted octanol–water partition coefficient (Wildman–Crippen LogP) is 3.62. The van der Waals surface area contributed by atoms with Crippen molar-refractivity contribution in [1.29, 1.82) is 0 Å². The summed E-state index contributed by atoms with van der Waals surface area (Å²) in [5.74, 6) is 3.27. The van der Waals surface area contributed by atoms with Gasteiger partial charge in [-0.05, 0) is 12.8 Å². The zero-order chi connectivity index (χ0) is 12.3. The van der Waals surface area contributed by atoms with Gasteiger partial charge < -0.3 is 0 Å². The second-order valence-electron chi connectivity index (χ2n) is 6.00. The molecule has 92 valence electrons. The zero-order valence-electron chi connectivity index (χ0n) is 11.2. The molecule has 1 saturated carbocycles. The molecule has 0 amide bonds. The van der Waals surface area contributed by atoms with Crippen LogP contribution in [0.4, 0.5) is 0 Å².